The summed E-state index contributed by atoms with van der Waals surface area (Å²) in [6.45, 7) is 7.61. The van der Waals surface area contributed by atoms with Crippen LogP contribution in [0.3, 0.4) is 0 Å². The van der Waals surface area contributed by atoms with Crippen molar-refractivity contribution in [3.05, 3.63) is 25.0 Å². The van der Waals surface area contributed by atoms with E-state index in [1.165, 1.54) is 0 Å². The Balaban J connectivity index is 3.14. The summed E-state index contributed by atoms with van der Waals surface area (Å²) in [5.41, 5.74) is 1.11. The summed E-state index contributed by atoms with van der Waals surface area (Å²) >= 11 is 0. The summed E-state index contributed by atoms with van der Waals surface area (Å²) in [5, 5.41) is 0. The first-order chi connectivity index (χ1) is 2.77. The zero-order chi connectivity index (χ0) is 4.99. The van der Waals surface area contributed by atoms with Crippen molar-refractivity contribution in [2.24, 2.45) is 0 Å². The maximum absolute atomic E-state index is 3.66. The number of hydrogen-bond acceptors (Lipinski definition) is 0. The minimum Gasteiger partial charge on any atom is -0.0822 e. The highest BCUT2D eigenvalue weighted by Gasteiger charge is 1.68. The molecule has 34 valence electrons. The van der Waals surface area contributed by atoms with Crippen molar-refractivity contribution in [2.45, 2.75) is 13.8 Å². The summed E-state index contributed by atoms with van der Waals surface area (Å²) in [6.07, 6.45) is 3.95. The van der Waals surface area contributed by atoms with Gasteiger partial charge in [0.25, 0.3) is 0 Å². The fourth-order valence-corrected chi connectivity index (χ4v) is 0.285. The van der Waals surface area contributed by atoms with Crippen LogP contribution in [0.2, 0.25) is 0 Å². The molecule has 0 atom stereocenters. The van der Waals surface area contributed by atoms with Crippen molar-refractivity contribution in [3.63, 3.8) is 0 Å². The van der Waals surface area contributed by atoms with E-state index in [1.54, 1.807) is 0 Å². The Kier molecular flexibility index (Phi) is 2.82. The van der Waals surface area contributed by atoms with Crippen LogP contribution >= 0.6 is 0 Å². The van der Waals surface area contributed by atoms with Gasteiger partial charge < -0.3 is 0 Å². The van der Waals surface area contributed by atoms with E-state index in [-0.39, 0.29) is 0 Å². The summed E-state index contributed by atoms with van der Waals surface area (Å²) in [6, 6.07) is 0. The SMILES string of the molecule is [CH2]/C(C)=C/[CH]C. The average Bonchev–Trinajstić information content (AvgIpc) is 1.35. The first kappa shape index (κ1) is 5.74. The highest BCUT2D eigenvalue weighted by atomic mass is 13.7. The Morgan fingerprint density at radius 2 is 2.17 bits per heavy atom. The monoisotopic (exact) mass is 82.1 g/mol. The van der Waals surface area contributed by atoms with Gasteiger partial charge in [-0.1, -0.05) is 18.6 Å². The lowest BCUT2D eigenvalue weighted by Gasteiger charge is -1.79. The Morgan fingerprint density at radius 1 is 1.67 bits per heavy atom. The molecule has 0 rings (SSSR count). The van der Waals surface area contributed by atoms with Crippen molar-refractivity contribution in [1.29, 1.82) is 0 Å². The summed E-state index contributed by atoms with van der Waals surface area (Å²) < 4.78 is 0. The second-order valence-corrected chi connectivity index (χ2v) is 1.35. The second-order valence-electron chi connectivity index (χ2n) is 1.35. The van der Waals surface area contributed by atoms with Crippen LogP contribution in [0.4, 0.5) is 0 Å². The van der Waals surface area contributed by atoms with Gasteiger partial charge in [0.1, 0.15) is 0 Å². The predicted octanol–water partition coefficient (Wildman–Crippen LogP) is 1.99. The molecule has 0 fully saturated rings. The fraction of sp³-hybridized carbons (Fsp3) is 0.333. The first-order valence-electron chi connectivity index (χ1n) is 2.05. The van der Waals surface area contributed by atoms with Gasteiger partial charge in [0, 0.05) is 0 Å². The van der Waals surface area contributed by atoms with Crippen LogP contribution in [-0.4, -0.2) is 0 Å². The molecule has 0 saturated heterocycles. The summed E-state index contributed by atoms with van der Waals surface area (Å²) in [4.78, 5) is 0. The van der Waals surface area contributed by atoms with E-state index in [0.29, 0.717) is 0 Å². The summed E-state index contributed by atoms with van der Waals surface area (Å²) in [7, 11) is 0. The van der Waals surface area contributed by atoms with E-state index in [2.05, 4.69) is 6.92 Å². The van der Waals surface area contributed by atoms with E-state index in [9.17, 15) is 0 Å². The molecule has 0 spiro atoms. The number of rotatable bonds is 1. The standard InChI is InChI=1S/C6H10/c1-4-5-6(2)3/h4-5H,2H2,1,3H3/b6-5-. The van der Waals surface area contributed by atoms with Gasteiger partial charge in [-0.05, 0) is 20.3 Å². The lowest BCUT2D eigenvalue weighted by atomic mass is 10.3. The third-order valence-corrected chi connectivity index (χ3v) is 0.451. The predicted molar refractivity (Wildman–Crippen MR) is 29.1 cm³/mol. The molecular formula is C6H10. The molecule has 0 heterocycles. The first-order valence-corrected chi connectivity index (χ1v) is 2.05. The Hall–Kier alpha value is -0.260. The molecule has 0 aliphatic carbocycles. The molecule has 0 N–H and O–H groups in total. The van der Waals surface area contributed by atoms with E-state index in [1.807, 2.05) is 26.3 Å². The van der Waals surface area contributed by atoms with Gasteiger partial charge in [0.15, 0.2) is 0 Å². The van der Waals surface area contributed by atoms with Crippen molar-refractivity contribution in [1.82, 2.24) is 0 Å². The smallest absolute Gasteiger partial charge is 0.0199 e. The number of allylic oxidation sites excluding steroid dienone is 2. The largest absolute Gasteiger partial charge is 0.0822 e. The Morgan fingerprint density at radius 3 is 2.17 bits per heavy atom. The van der Waals surface area contributed by atoms with E-state index >= 15 is 0 Å². The van der Waals surface area contributed by atoms with Gasteiger partial charge >= 0.3 is 0 Å². The van der Waals surface area contributed by atoms with Crippen molar-refractivity contribution >= 4 is 0 Å². The molecule has 0 saturated carbocycles. The Labute approximate surface area is 39.9 Å². The highest BCUT2D eigenvalue weighted by molar-refractivity contribution is 5.06. The van der Waals surface area contributed by atoms with Gasteiger partial charge in [-0.2, -0.15) is 0 Å². The van der Waals surface area contributed by atoms with Crippen molar-refractivity contribution in [2.75, 3.05) is 0 Å². The van der Waals surface area contributed by atoms with Crippen LogP contribution in [0.25, 0.3) is 0 Å². The summed E-state index contributed by atoms with van der Waals surface area (Å²) in [5.74, 6) is 0. The molecule has 2 radical (unpaired) electrons. The highest BCUT2D eigenvalue weighted by Crippen LogP contribution is 1.87. The molecule has 0 aliphatic heterocycles. The van der Waals surface area contributed by atoms with Crippen molar-refractivity contribution < 1.29 is 0 Å². The third kappa shape index (κ3) is 3.74. The van der Waals surface area contributed by atoms with Crippen LogP contribution in [0.15, 0.2) is 11.6 Å². The zero-order valence-corrected chi connectivity index (χ0v) is 4.36. The molecule has 0 unspecified atom stereocenters. The molecule has 0 nitrogen and oxygen atoms in total. The van der Waals surface area contributed by atoms with Crippen molar-refractivity contribution in [3.8, 4) is 0 Å². The third-order valence-electron chi connectivity index (χ3n) is 0.451. The zero-order valence-electron chi connectivity index (χ0n) is 4.36. The van der Waals surface area contributed by atoms with Gasteiger partial charge in [-0.3, -0.25) is 0 Å². The van der Waals surface area contributed by atoms with Crippen LogP contribution < -0.4 is 0 Å². The molecule has 0 aromatic heterocycles. The topological polar surface area (TPSA) is 0 Å². The van der Waals surface area contributed by atoms with E-state index in [0.717, 1.165) is 5.57 Å². The Bertz CT molecular complexity index is 47.1. The molecule has 0 heteroatoms. The molecule has 0 aromatic carbocycles. The fourth-order valence-electron chi connectivity index (χ4n) is 0.285. The lowest BCUT2D eigenvalue weighted by molar-refractivity contribution is 1.45. The number of hydrogen-bond donors (Lipinski definition) is 0. The molecule has 0 aliphatic rings. The van der Waals surface area contributed by atoms with Gasteiger partial charge in [-0.15, -0.1) is 0 Å². The van der Waals surface area contributed by atoms with Crippen LogP contribution in [-0.2, 0) is 0 Å². The maximum Gasteiger partial charge on any atom is -0.0199 e. The van der Waals surface area contributed by atoms with Crippen LogP contribution in [0.5, 0.6) is 0 Å². The molecule has 0 aromatic rings. The average molecular weight is 82.1 g/mol. The van der Waals surface area contributed by atoms with E-state index in [4.69, 9.17) is 0 Å². The molecule has 6 heavy (non-hydrogen) atoms. The minimum absolute atomic E-state index is 1.11. The van der Waals surface area contributed by atoms with Gasteiger partial charge in [-0.25, -0.2) is 0 Å². The molecule has 0 bridgehead atoms. The molecule has 0 amide bonds. The minimum atomic E-state index is 1.11. The maximum atomic E-state index is 3.66. The van der Waals surface area contributed by atoms with Gasteiger partial charge in [0.2, 0.25) is 0 Å². The normalized spacial score (nSPS) is 12.2. The second kappa shape index (κ2) is 2.95. The van der Waals surface area contributed by atoms with Crippen LogP contribution in [0.1, 0.15) is 13.8 Å². The van der Waals surface area contributed by atoms with Gasteiger partial charge in [0.05, 0.1) is 0 Å². The molecular weight excluding hydrogens is 72.1 g/mol. The van der Waals surface area contributed by atoms with E-state index < -0.39 is 0 Å². The quantitative estimate of drug-likeness (QED) is 0.454. The lowest BCUT2D eigenvalue weighted by Crippen LogP contribution is -1.60. The van der Waals surface area contributed by atoms with Crippen LogP contribution in [0, 0.1) is 13.3 Å².